The molecule has 5 heteroatoms. The minimum absolute atomic E-state index is 0.775. The van der Waals surface area contributed by atoms with E-state index in [1.54, 1.807) is 0 Å². The first-order valence-electron chi connectivity index (χ1n) is 8.35. The van der Waals surface area contributed by atoms with Crippen LogP contribution in [-0.2, 0) is 13.1 Å². The molecule has 1 aliphatic heterocycles. The number of piperidine rings is 1. The van der Waals surface area contributed by atoms with Gasteiger partial charge in [-0.05, 0) is 58.5 Å². The Bertz CT molecular complexity index is 475. The molecular weight excluding hydrogens is 284 g/mol. The molecule has 0 radical (unpaired) electrons. The average Bonchev–Trinajstić information content (AvgIpc) is 3.30. The maximum atomic E-state index is 6.48. The standard InChI is InChI=1S/C16H27ClN4/c1-3-21-15(16(17)12(2)19-21)11-20(14-4-5-14)10-13-6-8-18-9-7-13/h13-14,18H,3-11H2,1-2H3. The summed E-state index contributed by atoms with van der Waals surface area (Å²) >= 11 is 6.48. The van der Waals surface area contributed by atoms with Crippen molar-refractivity contribution in [2.24, 2.45) is 5.92 Å². The third kappa shape index (κ3) is 3.61. The van der Waals surface area contributed by atoms with Gasteiger partial charge in [0.15, 0.2) is 0 Å². The lowest BCUT2D eigenvalue weighted by Gasteiger charge is -2.30. The molecule has 1 saturated carbocycles. The molecule has 0 bridgehead atoms. The number of hydrogen-bond acceptors (Lipinski definition) is 3. The Morgan fingerprint density at radius 1 is 1.29 bits per heavy atom. The van der Waals surface area contributed by atoms with Gasteiger partial charge in [-0.1, -0.05) is 11.6 Å². The molecule has 2 heterocycles. The fourth-order valence-electron chi connectivity index (χ4n) is 3.39. The summed E-state index contributed by atoms with van der Waals surface area (Å²) in [5, 5.41) is 8.88. The Morgan fingerprint density at radius 3 is 2.62 bits per heavy atom. The van der Waals surface area contributed by atoms with Crippen molar-refractivity contribution in [3.63, 3.8) is 0 Å². The van der Waals surface area contributed by atoms with E-state index in [2.05, 4.69) is 26.9 Å². The highest BCUT2D eigenvalue weighted by Gasteiger charge is 2.32. The van der Waals surface area contributed by atoms with Gasteiger partial charge in [-0.3, -0.25) is 9.58 Å². The van der Waals surface area contributed by atoms with E-state index in [1.807, 2.05) is 6.92 Å². The van der Waals surface area contributed by atoms with Gasteiger partial charge in [-0.25, -0.2) is 0 Å². The van der Waals surface area contributed by atoms with Crippen molar-refractivity contribution >= 4 is 11.6 Å². The Labute approximate surface area is 132 Å². The van der Waals surface area contributed by atoms with Gasteiger partial charge in [0.2, 0.25) is 0 Å². The summed E-state index contributed by atoms with van der Waals surface area (Å²) in [6, 6.07) is 0.775. The van der Waals surface area contributed by atoms with E-state index in [9.17, 15) is 0 Å². The molecule has 1 saturated heterocycles. The summed E-state index contributed by atoms with van der Waals surface area (Å²) in [6.45, 7) is 9.58. The van der Waals surface area contributed by atoms with Crippen molar-refractivity contribution in [1.29, 1.82) is 0 Å². The van der Waals surface area contributed by atoms with Crippen molar-refractivity contribution in [1.82, 2.24) is 20.0 Å². The molecule has 118 valence electrons. The van der Waals surface area contributed by atoms with Crippen molar-refractivity contribution in [2.45, 2.75) is 58.7 Å². The normalized spacial score (nSPS) is 20.4. The Hall–Kier alpha value is -0.580. The largest absolute Gasteiger partial charge is 0.317 e. The highest BCUT2D eigenvalue weighted by atomic mass is 35.5. The number of halogens is 1. The second-order valence-corrected chi connectivity index (χ2v) is 6.89. The Morgan fingerprint density at radius 2 is 2.00 bits per heavy atom. The molecule has 3 rings (SSSR count). The van der Waals surface area contributed by atoms with Crippen LogP contribution in [0.3, 0.4) is 0 Å². The van der Waals surface area contributed by atoms with Crippen LogP contribution in [0.2, 0.25) is 5.02 Å². The fourth-order valence-corrected chi connectivity index (χ4v) is 3.59. The van der Waals surface area contributed by atoms with E-state index in [0.717, 1.165) is 35.8 Å². The van der Waals surface area contributed by atoms with E-state index in [0.29, 0.717) is 0 Å². The molecule has 4 nitrogen and oxygen atoms in total. The fraction of sp³-hybridized carbons (Fsp3) is 0.812. The van der Waals surface area contributed by atoms with Crippen LogP contribution in [0.25, 0.3) is 0 Å². The molecule has 2 fully saturated rings. The lowest BCUT2D eigenvalue weighted by Crippen LogP contribution is -2.37. The zero-order valence-corrected chi connectivity index (χ0v) is 14.0. The van der Waals surface area contributed by atoms with Crippen LogP contribution < -0.4 is 5.32 Å². The van der Waals surface area contributed by atoms with Crippen LogP contribution >= 0.6 is 11.6 Å². The molecule has 1 aromatic heterocycles. The molecule has 21 heavy (non-hydrogen) atoms. The number of hydrogen-bond donors (Lipinski definition) is 1. The number of nitrogens with zero attached hydrogens (tertiary/aromatic N) is 3. The van der Waals surface area contributed by atoms with Gasteiger partial charge < -0.3 is 5.32 Å². The Kier molecular flexibility index (Phi) is 4.87. The monoisotopic (exact) mass is 310 g/mol. The quantitative estimate of drug-likeness (QED) is 0.877. The van der Waals surface area contributed by atoms with Crippen LogP contribution in [0.4, 0.5) is 0 Å². The summed E-state index contributed by atoms with van der Waals surface area (Å²) in [5.74, 6) is 0.838. The van der Waals surface area contributed by atoms with Gasteiger partial charge in [0.25, 0.3) is 0 Å². The molecule has 0 unspecified atom stereocenters. The minimum atomic E-state index is 0.775. The molecule has 0 atom stereocenters. The topological polar surface area (TPSA) is 33.1 Å². The van der Waals surface area contributed by atoms with Crippen LogP contribution in [0.1, 0.15) is 44.0 Å². The van der Waals surface area contributed by atoms with Crippen LogP contribution in [-0.4, -0.2) is 40.4 Å². The van der Waals surface area contributed by atoms with Gasteiger partial charge >= 0.3 is 0 Å². The average molecular weight is 311 g/mol. The number of nitrogens with one attached hydrogen (secondary N) is 1. The van der Waals surface area contributed by atoms with Gasteiger partial charge in [0, 0.05) is 25.7 Å². The molecule has 1 N–H and O–H groups in total. The highest BCUT2D eigenvalue weighted by Crippen LogP contribution is 2.32. The molecular formula is C16H27ClN4. The first-order chi connectivity index (χ1) is 10.2. The lowest BCUT2D eigenvalue weighted by molar-refractivity contribution is 0.186. The van der Waals surface area contributed by atoms with Crippen LogP contribution in [0.15, 0.2) is 0 Å². The molecule has 1 aromatic rings. The number of rotatable bonds is 6. The van der Waals surface area contributed by atoms with Crippen LogP contribution in [0.5, 0.6) is 0 Å². The summed E-state index contributed by atoms with van der Waals surface area (Å²) < 4.78 is 2.08. The van der Waals surface area contributed by atoms with Crippen molar-refractivity contribution in [2.75, 3.05) is 19.6 Å². The molecule has 0 aromatic carbocycles. The summed E-state index contributed by atoms with van der Waals surface area (Å²) in [7, 11) is 0. The first-order valence-corrected chi connectivity index (χ1v) is 8.73. The van der Waals surface area contributed by atoms with Gasteiger partial charge in [-0.15, -0.1) is 0 Å². The Balaban J connectivity index is 1.70. The second-order valence-electron chi connectivity index (χ2n) is 6.52. The van der Waals surface area contributed by atoms with Crippen LogP contribution in [0, 0.1) is 12.8 Å². The smallest absolute Gasteiger partial charge is 0.0860 e. The van der Waals surface area contributed by atoms with Gasteiger partial charge in [0.05, 0.1) is 16.4 Å². The minimum Gasteiger partial charge on any atom is -0.317 e. The van der Waals surface area contributed by atoms with Crippen molar-refractivity contribution in [3.8, 4) is 0 Å². The molecule has 0 amide bonds. The second kappa shape index (κ2) is 6.67. The van der Waals surface area contributed by atoms with Gasteiger partial charge in [-0.2, -0.15) is 5.10 Å². The third-order valence-corrected chi connectivity index (χ3v) is 5.31. The maximum absolute atomic E-state index is 6.48. The highest BCUT2D eigenvalue weighted by molar-refractivity contribution is 6.31. The van der Waals surface area contributed by atoms with E-state index >= 15 is 0 Å². The zero-order chi connectivity index (χ0) is 14.8. The summed E-state index contributed by atoms with van der Waals surface area (Å²) in [4.78, 5) is 2.66. The zero-order valence-electron chi connectivity index (χ0n) is 13.2. The van der Waals surface area contributed by atoms with Gasteiger partial charge in [0.1, 0.15) is 0 Å². The summed E-state index contributed by atoms with van der Waals surface area (Å²) in [5.41, 5.74) is 2.17. The van der Waals surface area contributed by atoms with E-state index in [1.165, 1.54) is 51.0 Å². The van der Waals surface area contributed by atoms with Crippen molar-refractivity contribution in [3.05, 3.63) is 16.4 Å². The molecule has 0 spiro atoms. The molecule has 1 aliphatic carbocycles. The predicted octanol–water partition coefficient (Wildman–Crippen LogP) is 2.83. The SMILES string of the molecule is CCn1nc(C)c(Cl)c1CN(CC1CCNCC1)C1CC1. The maximum Gasteiger partial charge on any atom is 0.0860 e. The first kappa shape index (κ1) is 15.3. The van der Waals surface area contributed by atoms with E-state index in [-0.39, 0.29) is 0 Å². The third-order valence-electron chi connectivity index (χ3n) is 4.82. The van der Waals surface area contributed by atoms with E-state index < -0.39 is 0 Å². The molecule has 2 aliphatic rings. The predicted molar refractivity (Wildman–Crippen MR) is 86.7 cm³/mol. The van der Waals surface area contributed by atoms with E-state index in [4.69, 9.17) is 11.6 Å². The lowest BCUT2D eigenvalue weighted by atomic mass is 9.97. The number of aromatic nitrogens is 2. The number of aryl methyl sites for hydroxylation is 2. The summed E-state index contributed by atoms with van der Waals surface area (Å²) in [6.07, 6.45) is 5.32. The van der Waals surface area contributed by atoms with Crippen molar-refractivity contribution < 1.29 is 0 Å².